The molecule has 0 aliphatic rings. The number of para-hydroxylation sites is 1. The Morgan fingerprint density at radius 3 is 2.80 bits per heavy atom. The van der Waals surface area contributed by atoms with Crippen LogP contribution in [-0.4, -0.2) is 27.7 Å². The molecule has 1 heterocycles. The van der Waals surface area contributed by atoms with Gasteiger partial charge in [0.05, 0.1) is 18.9 Å². The van der Waals surface area contributed by atoms with Crippen LogP contribution in [0, 0.1) is 0 Å². The maximum atomic E-state index is 12.0. The molecular formula is C13H13N3O4. The van der Waals surface area contributed by atoms with Crippen LogP contribution in [0.25, 0.3) is 11.4 Å². The first kappa shape index (κ1) is 13.6. The van der Waals surface area contributed by atoms with E-state index in [0.717, 1.165) is 4.57 Å². The van der Waals surface area contributed by atoms with E-state index in [1.54, 1.807) is 24.3 Å². The summed E-state index contributed by atoms with van der Waals surface area (Å²) in [7, 11) is 1.48. The second kappa shape index (κ2) is 5.43. The third-order valence-electron chi connectivity index (χ3n) is 2.71. The number of nitrogen functional groups attached to an aromatic ring is 1. The number of carboxylic acids is 1. The highest BCUT2D eigenvalue weighted by Crippen LogP contribution is 2.27. The molecular weight excluding hydrogens is 262 g/mol. The molecule has 0 saturated heterocycles. The Bertz CT molecular complexity index is 709. The van der Waals surface area contributed by atoms with E-state index in [9.17, 15) is 9.59 Å². The van der Waals surface area contributed by atoms with Crippen molar-refractivity contribution >= 4 is 11.7 Å². The third kappa shape index (κ3) is 2.46. The summed E-state index contributed by atoms with van der Waals surface area (Å²) in [6.45, 7) is -0.524. The third-order valence-corrected chi connectivity index (χ3v) is 2.71. The van der Waals surface area contributed by atoms with Crippen LogP contribution < -0.4 is 16.0 Å². The lowest BCUT2D eigenvalue weighted by Gasteiger charge is -2.13. The first-order valence-electron chi connectivity index (χ1n) is 5.75. The number of aliphatic carboxylic acids is 1. The summed E-state index contributed by atoms with van der Waals surface area (Å²) in [6.07, 6.45) is 1.21. The quantitative estimate of drug-likeness (QED) is 0.845. The molecule has 0 saturated carbocycles. The highest BCUT2D eigenvalue weighted by Gasteiger charge is 2.16. The predicted octanol–water partition coefficient (Wildman–Crippen LogP) is 0.586. The van der Waals surface area contributed by atoms with Gasteiger partial charge in [-0.15, -0.1) is 0 Å². The summed E-state index contributed by atoms with van der Waals surface area (Å²) in [5.41, 5.74) is 5.31. The van der Waals surface area contributed by atoms with Crippen molar-refractivity contribution in [2.24, 2.45) is 0 Å². The van der Waals surface area contributed by atoms with Gasteiger partial charge in [0.25, 0.3) is 5.56 Å². The van der Waals surface area contributed by atoms with E-state index >= 15 is 0 Å². The minimum absolute atomic E-state index is 0.107. The van der Waals surface area contributed by atoms with Crippen molar-refractivity contribution in [1.82, 2.24) is 9.55 Å². The predicted molar refractivity (Wildman–Crippen MR) is 72.5 cm³/mol. The van der Waals surface area contributed by atoms with Gasteiger partial charge in [0.15, 0.2) is 0 Å². The van der Waals surface area contributed by atoms with Crippen LogP contribution in [0.15, 0.2) is 35.3 Å². The molecule has 2 rings (SSSR count). The number of benzene rings is 1. The smallest absolute Gasteiger partial charge is 0.323 e. The molecule has 2 aromatic rings. The highest BCUT2D eigenvalue weighted by atomic mass is 16.5. The fourth-order valence-electron chi connectivity index (χ4n) is 1.83. The summed E-state index contributed by atoms with van der Waals surface area (Å²) in [6, 6.07) is 6.89. The summed E-state index contributed by atoms with van der Waals surface area (Å²) in [5, 5.41) is 8.92. The van der Waals surface area contributed by atoms with Crippen molar-refractivity contribution in [3.8, 4) is 17.1 Å². The van der Waals surface area contributed by atoms with Crippen molar-refractivity contribution in [2.45, 2.75) is 6.54 Å². The van der Waals surface area contributed by atoms with Crippen molar-refractivity contribution < 1.29 is 14.6 Å². The molecule has 104 valence electrons. The number of ether oxygens (including phenoxy) is 1. The summed E-state index contributed by atoms with van der Waals surface area (Å²) >= 11 is 0. The van der Waals surface area contributed by atoms with E-state index < -0.39 is 18.1 Å². The van der Waals surface area contributed by atoms with Crippen LogP contribution in [0.3, 0.4) is 0 Å². The Morgan fingerprint density at radius 1 is 1.45 bits per heavy atom. The zero-order valence-electron chi connectivity index (χ0n) is 10.7. The highest BCUT2D eigenvalue weighted by molar-refractivity contribution is 5.70. The monoisotopic (exact) mass is 275 g/mol. The number of carboxylic acid groups (broad SMARTS) is 1. The zero-order valence-corrected chi connectivity index (χ0v) is 10.7. The lowest BCUT2D eigenvalue weighted by atomic mass is 10.2. The van der Waals surface area contributed by atoms with Gasteiger partial charge < -0.3 is 15.6 Å². The van der Waals surface area contributed by atoms with Gasteiger partial charge in [0, 0.05) is 0 Å². The number of methoxy groups -OCH3 is 1. The van der Waals surface area contributed by atoms with Crippen molar-refractivity contribution in [3.05, 3.63) is 40.8 Å². The van der Waals surface area contributed by atoms with Crippen molar-refractivity contribution in [1.29, 1.82) is 0 Å². The Labute approximate surface area is 114 Å². The molecule has 1 aromatic carbocycles. The lowest BCUT2D eigenvalue weighted by molar-refractivity contribution is -0.137. The molecule has 7 heteroatoms. The first-order valence-corrected chi connectivity index (χ1v) is 5.75. The van der Waals surface area contributed by atoms with Gasteiger partial charge in [-0.25, -0.2) is 4.98 Å². The molecule has 0 bridgehead atoms. The second-order valence-electron chi connectivity index (χ2n) is 4.02. The van der Waals surface area contributed by atoms with E-state index in [1.807, 2.05) is 0 Å². The number of carbonyl (C=O) groups is 1. The van der Waals surface area contributed by atoms with Gasteiger partial charge in [0.1, 0.15) is 23.8 Å². The Balaban J connectivity index is 2.70. The number of anilines is 1. The number of aromatic nitrogens is 2. The average Bonchev–Trinajstić information content (AvgIpc) is 2.44. The average molecular weight is 275 g/mol. The Morgan fingerprint density at radius 2 is 2.15 bits per heavy atom. The van der Waals surface area contributed by atoms with Gasteiger partial charge in [-0.1, -0.05) is 12.1 Å². The molecule has 0 radical (unpaired) electrons. The van der Waals surface area contributed by atoms with Gasteiger partial charge >= 0.3 is 5.97 Å². The minimum atomic E-state index is -1.16. The molecule has 0 atom stereocenters. The standard InChI is InChI=1S/C13H13N3O4/c1-20-10-5-3-2-4-8(10)12-15-6-9(14)13(19)16(12)7-11(17)18/h2-6H,7,14H2,1H3,(H,17,18). The van der Waals surface area contributed by atoms with Gasteiger partial charge in [-0.05, 0) is 12.1 Å². The van der Waals surface area contributed by atoms with Gasteiger partial charge in [-0.3, -0.25) is 14.2 Å². The summed E-state index contributed by atoms with van der Waals surface area (Å²) in [5.74, 6) is -0.469. The van der Waals surface area contributed by atoms with Gasteiger partial charge in [0.2, 0.25) is 0 Å². The van der Waals surface area contributed by atoms with Crippen molar-refractivity contribution in [3.63, 3.8) is 0 Å². The van der Waals surface area contributed by atoms with E-state index in [-0.39, 0.29) is 11.5 Å². The minimum Gasteiger partial charge on any atom is -0.496 e. The molecule has 1 aromatic heterocycles. The lowest BCUT2D eigenvalue weighted by Crippen LogP contribution is -2.28. The number of nitrogens with zero attached hydrogens (tertiary/aromatic N) is 2. The molecule has 0 aliphatic heterocycles. The molecule has 7 nitrogen and oxygen atoms in total. The number of nitrogens with two attached hydrogens (primary N) is 1. The van der Waals surface area contributed by atoms with Crippen LogP contribution in [0.2, 0.25) is 0 Å². The van der Waals surface area contributed by atoms with E-state index in [2.05, 4.69) is 4.98 Å². The van der Waals surface area contributed by atoms with Crippen LogP contribution in [-0.2, 0) is 11.3 Å². The zero-order chi connectivity index (χ0) is 14.7. The van der Waals surface area contributed by atoms with Crippen LogP contribution in [0.1, 0.15) is 0 Å². The summed E-state index contributed by atoms with van der Waals surface area (Å²) in [4.78, 5) is 27.0. The first-order chi connectivity index (χ1) is 9.54. The molecule has 0 spiro atoms. The molecule has 20 heavy (non-hydrogen) atoms. The molecule has 0 unspecified atom stereocenters. The van der Waals surface area contributed by atoms with Gasteiger partial charge in [-0.2, -0.15) is 0 Å². The molecule has 3 N–H and O–H groups in total. The Hall–Kier alpha value is -2.83. The normalized spacial score (nSPS) is 10.2. The maximum absolute atomic E-state index is 12.0. The van der Waals surface area contributed by atoms with Crippen LogP contribution >= 0.6 is 0 Å². The Kier molecular flexibility index (Phi) is 3.69. The summed E-state index contributed by atoms with van der Waals surface area (Å²) < 4.78 is 6.21. The van der Waals surface area contributed by atoms with E-state index in [0.29, 0.717) is 11.3 Å². The fraction of sp³-hybridized carbons (Fsp3) is 0.154. The van der Waals surface area contributed by atoms with Crippen LogP contribution in [0.4, 0.5) is 5.69 Å². The topological polar surface area (TPSA) is 107 Å². The SMILES string of the molecule is COc1ccccc1-c1ncc(N)c(=O)n1CC(=O)O. The molecule has 0 fully saturated rings. The fourth-order valence-corrected chi connectivity index (χ4v) is 1.83. The molecule has 0 aliphatic carbocycles. The number of hydrogen-bond acceptors (Lipinski definition) is 5. The largest absolute Gasteiger partial charge is 0.496 e. The maximum Gasteiger partial charge on any atom is 0.323 e. The van der Waals surface area contributed by atoms with E-state index in [1.165, 1.54) is 13.3 Å². The molecule has 0 amide bonds. The number of rotatable bonds is 4. The van der Waals surface area contributed by atoms with Crippen molar-refractivity contribution in [2.75, 3.05) is 12.8 Å². The number of hydrogen-bond donors (Lipinski definition) is 2. The van der Waals surface area contributed by atoms with E-state index in [4.69, 9.17) is 15.6 Å². The van der Waals surface area contributed by atoms with Crippen LogP contribution in [0.5, 0.6) is 5.75 Å². The second-order valence-corrected chi connectivity index (χ2v) is 4.02.